The molecular weight excluding hydrogens is 334 g/mol. The topological polar surface area (TPSA) is 137 Å². The molecule has 9 nitrogen and oxygen atoms in total. The average molecular weight is 351 g/mol. The molecule has 2 atom stereocenters. The van der Waals surface area contributed by atoms with E-state index in [0.29, 0.717) is 12.1 Å². The number of fused-ring (bicyclic) bond motifs is 3. The van der Waals surface area contributed by atoms with Gasteiger partial charge in [-0.25, -0.2) is 22.9 Å². The van der Waals surface area contributed by atoms with Gasteiger partial charge in [-0.15, -0.1) is 0 Å². The van der Waals surface area contributed by atoms with Crippen LogP contribution in [0.4, 0.5) is 0 Å². The van der Waals surface area contributed by atoms with E-state index in [9.17, 15) is 18.0 Å². The molecule has 0 spiro atoms. The van der Waals surface area contributed by atoms with Crippen molar-refractivity contribution in [3.8, 4) is 0 Å². The monoisotopic (exact) mass is 351 g/mol. The van der Waals surface area contributed by atoms with E-state index in [1.807, 2.05) is 0 Å². The molecular formula is C14H17N5O4S. The summed E-state index contributed by atoms with van der Waals surface area (Å²) in [5.74, 6) is 0. The predicted octanol–water partition coefficient (Wildman–Crippen LogP) is -0.827. The molecule has 0 saturated carbocycles. The fourth-order valence-corrected chi connectivity index (χ4v) is 4.85. The van der Waals surface area contributed by atoms with Gasteiger partial charge in [-0.3, -0.25) is 14.8 Å². The Kier molecular flexibility index (Phi) is 3.55. The van der Waals surface area contributed by atoms with Crippen molar-refractivity contribution in [1.82, 2.24) is 25.0 Å². The van der Waals surface area contributed by atoms with E-state index in [1.54, 1.807) is 0 Å². The highest BCUT2D eigenvalue weighted by atomic mass is 32.2. The summed E-state index contributed by atoms with van der Waals surface area (Å²) in [7, 11) is -3.78. The van der Waals surface area contributed by atoms with Gasteiger partial charge in [-0.05, 0) is 31.7 Å². The zero-order chi connectivity index (χ0) is 16.9. The van der Waals surface area contributed by atoms with Gasteiger partial charge in [-0.1, -0.05) is 0 Å². The summed E-state index contributed by atoms with van der Waals surface area (Å²) in [5.41, 5.74) is -1.29. The van der Waals surface area contributed by atoms with Crippen molar-refractivity contribution in [3.63, 3.8) is 0 Å². The number of aromatic amines is 2. The molecule has 0 aliphatic carbocycles. The SMILES string of the molecule is O=c1[nH]c(=O)c2cc(S(=O)(=O)NC3CC4CCC(C3)N4)cnc2[nH]1. The Morgan fingerprint density at radius 1 is 1.12 bits per heavy atom. The van der Waals surface area contributed by atoms with Crippen molar-refractivity contribution in [2.75, 3.05) is 0 Å². The summed E-state index contributed by atoms with van der Waals surface area (Å²) in [6, 6.07) is 1.83. The minimum Gasteiger partial charge on any atom is -0.311 e. The first-order valence-corrected chi connectivity index (χ1v) is 9.30. The Morgan fingerprint density at radius 2 is 1.83 bits per heavy atom. The molecule has 2 aliphatic rings. The number of sulfonamides is 1. The predicted molar refractivity (Wildman–Crippen MR) is 86.3 cm³/mol. The van der Waals surface area contributed by atoms with Gasteiger partial charge in [-0.2, -0.15) is 0 Å². The van der Waals surface area contributed by atoms with E-state index in [0.717, 1.165) is 31.9 Å². The molecule has 0 radical (unpaired) electrons. The van der Waals surface area contributed by atoms with Gasteiger partial charge in [0, 0.05) is 24.3 Å². The molecule has 4 N–H and O–H groups in total. The molecule has 2 aromatic heterocycles. The molecule has 24 heavy (non-hydrogen) atoms. The van der Waals surface area contributed by atoms with E-state index in [1.165, 1.54) is 6.07 Å². The number of aromatic nitrogens is 3. The zero-order valence-electron chi connectivity index (χ0n) is 12.7. The maximum Gasteiger partial charge on any atom is 0.327 e. The maximum absolute atomic E-state index is 12.6. The highest BCUT2D eigenvalue weighted by molar-refractivity contribution is 7.89. The molecule has 2 saturated heterocycles. The molecule has 2 aliphatic heterocycles. The Morgan fingerprint density at radius 3 is 2.54 bits per heavy atom. The van der Waals surface area contributed by atoms with E-state index in [-0.39, 0.29) is 22.0 Å². The number of rotatable bonds is 3. The molecule has 4 rings (SSSR count). The second-order valence-corrected chi connectivity index (χ2v) is 8.12. The molecule has 2 bridgehead atoms. The second kappa shape index (κ2) is 5.50. The fourth-order valence-electron chi connectivity index (χ4n) is 3.62. The second-order valence-electron chi connectivity index (χ2n) is 6.40. The third-order valence-electron chi connectivity index (χ3n) is 4.67. The molecule has 4 heterocycles. The van der Waals surface area contributed by atoms with E-state index in [4.69, 9.17) is 0 Å². The average Bonchev–Trinajstić information content (AvgIpc) is 2.85. The zero-order valence-corrected chi connectivity index (χ0v) is 13.5. The third kappa shape index (κ3) is 2.76. The first-order valence-electron chi connectivity index (χ1n) is 7.81. The van der Waals surface area contributed by atoms with E-state index in [2.05, 4.69) is 25.0 Å². The summed E-state index contributed by atoms with van der Waals surface area (Å²) < 4.78 is 27.9. The highest BCUT2D eigenvalue weighted by Crippen LogP contribution is 2.27. The van der Waals surface area contributed by atoms with Crippen LogP contribution in [0.2, 0.25) is 0 Å². The van der Waals surface area contributed by atoms with Gasteiger partial charge in [0.2, 0.25) is 10.0 Å². The van der Waals surface area contributed by atoms with Gasteiger partial charge in [0.15, 0.2) is 0 Å². The Bertz CT molecular complexity index is 1000. The molecule has 128 valence electrons. The molecule has 0 amide bonds. The Balaban J connectivity index is 1.65. The number of nitrogens with zero attached hydrogens (tertiary/aromatic N) is 1. The van der Waals surface area contributed by atoms with Gasteiger partial charge < -0.3 is 5.32 Å². The summed E-state index contributed by atoms with van der Waals surface area (Å²) in [4.78, 5) is 31.3. The first-order chi connectivity index (χ1) is 11.4. The largest absolute Gasteiger partial charge is 0.327 e. The van der Waals surface area contributed by atoms with Crippen molar-refractivity contribution in [2.24, 2.45) is 0 Å². The quantitative estimate of drug-likeness (QED) is 0.570. The van der Waals surface area contributed by atoms with E-state index < -0.39 is 21.3 Å². The van der Waals surface area contributed by atoms with E-state index >= 15 is 0 Å². The third-order valence-corrected chi connectivity index (χ3v) is 6.16. The summed E-state index contributed by atoms with van der Waals surface area (Å²) >= 11 is 0. The summed E-state index contributed by atoms with van der Waals surface area (Å²) in [6.07, 6.45) is 4.80. The van der Waals surface area contributed by atoms with Gasteiger partial charge in [0.05, 0.1) is 5.39 Å². The minimum atomic E-state index is -3.78. The Labute approximate surface area is 136 Å². The van der Waals surface area contributed by atoms with Crippen LogP contribution in [0.5, 0.6) is 0 Å². The number of pyridine rings is 1. The van der Waals surface area contributed by atoms with Crippen molar-refractivity contribution in [3.05, 3.63) is 33.1 Å². The van der Waals surface area contributed by atoms with Crippen LogP contribution < -0.4 is 21.3 Å². The van der Waals surface area contributed by atoms with Crippen molar-refractivity contribution >= 4 is 21.1 Å². The smallest absolute Gasteiger partial charge is 0.311 e. The first kappa shape index (κ1) is 15.5. The number of hydrogen-bond donors (Lipinski definition) is 4. The highest BCUT2D eigenvalue weighted by Gasteiger charge is 2.35. The van der Waals surface area contributed by atoms with Crippen molar-refractivity contribution < 1.29 is 8.42 Å². The van der Waals surface area contributed by atoms with Crippen LogP contribution in [0.3, 0.4) is 0 Å². The molecule has 2 fully saturated rings. The lowest BCUT2D eigenvalue weighted by atomic mass is 10.0. The fraction of sp³-hybridized carbons (Fsp3) is 0.500. The summed E-state index contributed by atoms with van der Waals surface area (Å²) in [5, 5.41) is 3.49. The number of piperidine rings is 1. The summed E-state index contributed by atoms with van der Waals surface area (Å²) in [6.45, 7) is 0. The molecule has 10 heteroatoms. The van der Waals surface area contributed by atoms with Gasteiger partial charge >= 0.3 is 5.69 Å². The Hall–Kier alpha value is -2.04. The normalized spacial score (nSPS) is 26.8. The van der Waals surface area contributed by atoms with Crippen molar-refractivity contribution in [1.29, 1.82) is 0 Å². The molecule has 0 aromatic carbocycles. The van der Waals surface area contributed by atoms with Gasteiger partial charge in [0.25, 0.3) is 5.56 Å². The number of nitrogens with one attached hydrogen (secondary N) is 4. The molecule has 2 unspecified atom stereocenters. The van der Waals surface area contributed by atoms with Crippen LogP contribution >= 0.6 is 0 Å². The lowest BCUT2D eigenvalue weighted by Crippen LogP contribution is -2.47. The van der Waals surface area contributed by atoms with Crippen LogP contribution in [0.15, 0.2) is 26.7 Å². The number of H-pyrrole nitrogens is 2. The lowest BCUT2D eigenvalue weighted by molar-refractivity contribution is 0.345. The molecule has 2 aromatic rings. The van der Waals surface area contributed by atoms with Gasteiger partial charge in [0.1, 0.15) is 10.5 Å². The van der Waals surface area contributed by atoms with Crippen LogP contribution in [-0.2, 0) is 10.0 Å². The van der Waals surface area contributed by atoms with Crippen LogP contribution in [0.25, 0.3) is 11.0 Å². The standard InChI is InChI=1S/C14H17N5O4S/c20-13-11-5-10(6-15-12(11)17-14(21)18-13)24(22,23)19-9-3-7-1-2-8(4-9)16-7/h5-9,16,19H,1-4H2,(H2,15,17,18,20,21). The minimum absolute atomic E-state index is 0.0304. The van der Waals surface area contributed by atoms with Crippen LogP contribution in [0, 0.1) is 0 Å². The maximum atomic E-state index is 12.6. The number of hydrogen-bond acceptors (Lipinski definition) is 6. The lowest BCUT2D eigenvalue weighted by Gasteiger charge is -2.29. The van der Waals surface area contributed by atoms with Crippen LogP contribution in [0.1, 0.15) is 25.7 Å². The van der Waals surface area contributed by atoms with Crippen molar-refractivity contribution in [2.45, 2.75) is 48.7 Å². The van der Waals surface area contributed by atoms with Crippen LogP contribution in [-0.4, -0.2) is 41.5 Å².